The fraction of sp³-hybridized carbons (Fsp3) is 0.250. The summed E-state index contributed by atoms with van der Waals surface area (Å²) in [6, 6.07) is 10.3. The first-order chi connectivity index (χ1) is 6.74. The summed E-state index contributed by atoms with van der Waals surface area (Å²) in [5.41, 5.74) is 9.26. The number of hydrogen-bond acceptors (Lipinski definition) is 1. The molecular weight excluding hydrogens is 172 g/mol. The maximum absolute atomic E-state index is 5.97. The number of rotatable bonds is 1. The highest BCUT2D eigenvalue weighted by Crippen LogP contribution is 2.18. The third-order valence-corrected chi connectivity index (χ3v) is 2.61. The average molecular weight is 187 g/mol. The van der Waals surface area contributed by atoms with Gasteiger partial charge in [-0.1, -0.05) is 12.1 Å². The molecule has 0 saturated carbocycles. The first-order valence-corrected chi connectivity index (χ1v) is 4.91. The maximum atomic E-state index is 5.97. The van der Waals surface area contributed by atoms with Gasteiger partial charge in [-0.25, -0.2) is 0 Å². The van der Waals surface area contributed by atoms with E-state index in [0.29, 0.717) is 0 Å². The van der Waals surface area contributed by atoms with Crippen molar-refractivity contribution in [1.82, 2.24) is 0 Å². The number of benzene rings is 1. The Morgan fingerprint density at radius 2 is 2.00 bits per heavy atom. The molecule has 2 N–H and O–H groups in total. The van der Waals surface area contributed by atoms with Crippen molar-refractivity contribution < 1.29 is 4.57 Å². The molecule has 2 nitrogen and oxygen atoms in total. The van der Waals surface area contributed by atoms with Crippen molar-refractivity contribution in [2.24, 2.45) is 0 Å². The van der Waals surface area contributed by atoms with Crippen LogP contribution in [0.25, 0.3) is 10.9 Å². The molecule has 72 valence electrons. The zero-order valence-electron chi connectivity index (χ0n) is 8.62. The van der Waals surface area contributed by atoms with Crippen LogP contribution in [0.3, 0.4) is 0 Å². The van der Waals surface area contributed by atoms with Gasteiger partial charge in [0, 0.05) is 19.1 Å². The predicted molar refractivity (Wildman–Crippen MR) is 59.0 cm³/mol. The number of hydrogen-bond donors (Lipinski definition) is 1. The molecule has 2 rings (SSSR count). The molecule has 0 saturated heterocycles. The smallest absolute Gasteiger partial charge is 0.214 e. The number of aryl methyl sites for hydroxylation is 2. The number of nitrogen functional groups attached to an aromatic ring is 1. The first-order valence-electron chi connectivity index (χ1n) is 4.91. The van der Waals surface area contributed by atoms with Crippen LogP contribution in [-0.4, -0.2) is 0 Å². The number of nitrogens with zero attached hydrogens (tertiary/aromatic N) is 1. The fourth-order valence-corrected chi connectivity index (χ4v) is 1.94. The van der Waals surface area contributed by atoms with Gasteiger partial charge in [0.25, 0.3) is 0 Å². The molecule has 0 spiro atoms. The highest BCUT2D eigenvalue weighted by molar-refractivity contribution is 5.87. The largest absolute Gasteiger partial charge is 0.398 e. The number of aromatic nitrogens is 1. The van der Waals surface area contributed by atoms with Gasteiger partial charge in [0.2, 0.25) is 5.52 Å². The quantitative estimate of drug-likeness (QED) is 0.680. The van der Waals surface area contributed by atoms with Crippen LogP contribution in [0.5, 0.6) is 0 Å². The molecule has 0 atom stereocenters. The Kier molecular flexibility index (Phi) is 2.12. The van der Waals surface area contributed by atoms with E-state index in [2.05, 4.69) is 30.5 Å². The van der Waals surface area contributed by atoms with Gasteiger partial charge in [-0.15, -0.1) is 0 Å². The average Bonchev–Trinajstić information content (AvgIpc) is 2.18. The summed E-state index contributed by atoms with van der Waals surface area (Å²) in [7, 11) is 0. The van der Waals surface area contributed by atoms with Crippen molar-refractivity contribution >= 4 is 16.6 Å². The predicted octanol–water partition coefficient (Wildman–Crippen LogP) is 2.04. The number of anilines is 1. The number of pyridine rings is 1. The molecule has 14 heavy (non-hydrogen) atoms. The van der Waals surface area contributed by atoms with E-state index in [1.807, 2.05) is 18.2 Å². The Morgan fingerprint density at radius 1 is 1.29 bits per heavy atom. The Morgan fingerprint density at radius 3 is 2.71 bits per heavy atom. The maximum Gasteiger partial charge on any atom is 0.214 e. The van der Waals surface area contributed by atoms with Gasteiger partial charge < -0.3 is 5.73 Å². The second kappa shape index (κ2) is 3.29. The van der Waals surface area contributed by atoms with Crippen LogP contribution in [0.2, 0.25) is 0 Å². The highest BCUT2D eigenvalue weighted by Gasteiger charge is 2.12. The number of nitrogens with two attached hydrogens (primary N) is 1. The van der Waals surface area contributed by atoms with E-state index in [4.69, 9.17) is 5.73 Å². The van der Waals surface area contributed by atoms with Crippen LogP contribution in [0.1, 0.15) is 12.6 Å². The fourth-order valence-electron chi connectivity index (χ4n) is 1.94. The van der Waals surface area contributed by atoms with Gasteiger partial charge in [0.05, 0.1) is 11.1 Å². The van der Waals surface area contributed by atoms with Gasteiger partial charge >= 0.3 is 0 Å². The van der Waals surface area contributed by atoms with Crippen molar-refractivity contribution in [1.29, 1.82) is 0 Å². The summed E-state index contributed by atoms with van der Waals surface area (Å²) in [6.45, 7) is 5.22. The molecule has 1 heterocycles. The Balaban J connectivity index is 2.90. The highest BCUT2D eigenvalue weighted by atomic mass is 15.0. The summed E-state index contributed by atoms with van der Waals surface area (Å²) in [6.07, 6.45) is 0. The topological polar surface area (TPSA) is 29.9 Å². The van der Waals surface area contributed by atoms with Gasteiger partial charge in [-0.05, 0) is 13.0 Å². The lowest BCUT2D eigenvalue weighted by atomic mass is 10.1. The SMILES string of the molecule is CC[n+]1c(C)cc(N)c2ccccc21. The van der Waals surface area contributed by atoms with Gasteiger partial charge in [-0.2, -0.15) is 4.57 Å². The standard InChI is InChI=1S/C12H14N2/c1-3-14-9(2)8-11(13)10-6-4-5-7-12(10)14/h4-8,13H,3H2,1-2H3/p+1. The normalized spacial score (nSPS) is 10.7. The molecule has 0 aliphatic rings. The van der Waals surface area contributed by atoms with E-state index in [1.165, 1.54) is 11.2 Å². The van der Waals surface area contributed by atoms with Gasteiger partial charge in [0.15, 0.2) is 5.69 Å². The lowest BCUT2D eigenvalue weighted by Gasteiger charge is -2.04. The van der Waals surface area contributed by atoms with Crippen molar-refractivity contribution in [3.05, 3.63) is 36.0 Å². The third-order valence-electron chi connectivity index (χ3n) is 2.61. The summed E-state index contributed by atoms with van der Waals surface area (Å²) in [4.78, 5) is 0. The zero-order valence-corrected chi connectivity index (χ0v) is 8.62. The molecule has 0 aliphatic carbocycles. The molecule has 0 fully saturated rings. The minimum absolute atomic E-state index is 0.864. The minimum Gasteiger partial charge on any atom is -0.398 e. The molecule has 0 aliphatic heterocycles. The van der Waals surface area contributed by atoms with Crippen LogP contribution < -0.4 is 10.3 Å². The van der Waals surface area contributed by atoms with E-state index in [-0.39, 0.29) is 0 Å². The molecule has 1 aromatic heterocycles. The molecule has 0 unspecified atom stereocenters. The number of fused-ring (bicyclic) bond motifs is 1. The first kappa shape index (κ1) is 9.00. The summed E-state index contributed by atoms with van der Waals surface area (Å²) in [5.74, 6) is 0. The van der Waals surface area contributed by atoms with E-state index in [0.717, 1.165) is 17.6 Å². The van der Waals surface area contributed by atoms with Crippen molar-refractivity contribution in [2.45, 2.75) is 20.4 Å². The van der Waals surface area contributed by atoms with Crippen LogP contribution in [0, 0.1) is 6.92 Å². The number of para-hydroxylation sites is 1. The van der Waals surface area contributed by atoms with E-state index < -0.39 is 0 Å². The molecule has 2 heteroatoms. The molecule has 0 amide bonds. The summed E-state index contributed by atoms with van der Waals surface area (Å²) in [5, 5.41) is 1.14. The Labute approximate surface area is 84.0 Å². The van der Waals surface area contributed by atoms with E-state index in [9.17, 15) is 0 Å². The second-order valence-corrected chi connectivity index (χ2v) is 3.50. The van der Waals surface area contributed by atoms with Crippen LogP contribution in [0.15, 0.2) is 30.3 Å². The van der Waals surface area contributed by atoms with Crippen molar-refractivity contribution in [3.8, 4) is 0 Å². The van der Waals surface area contributed by atoms with Crippen LogP contribution in [0.4, 0.5) is 5.69 Å². The molecule has 1 aromatic carbocycles. The molecule has 0 radical (unpaired) electrons. The lowest BCUT2D eigenvalue weighted by molar-refractivity contribution is -0.673. The monoisotopic (exact) mass is 187 g/mol. The van der Waals surface area contributed by atoms with Crippen molar-refractivity contribution in [2.75, 3.05) is 5.73 Å². The van der Waals surface area contributed by atoms with E-state index >= 15 is 0 Å². The molecule has 2 aromatic rings. The van der Waals surface area contributed by atoms with Crippen LogP contribution in [-0.2, 0) is 6.54 Å². The van der Waals surface area contributed by atoms with Crippen LogP contribution >= 0.6 is 0 Å². The van der Waals surface area contributed by atoms with Gasteiger partial charge in [-0.3, -0.25) is 0 Å². The zero-order chi connectivity index (χ0) is 10.1. The Hall–Kier alpha value is -1.57. The lowest BCUT2D eigenvalue weighted by Crippen LogP contribution is -2.36. The Bertz CT molecular complexity index is 475. The molecular formula is C12H15N2+. The summed E-state index contributed by atoms with van der Waals surface area (Å²) >= 11 is 0. The van der Waals surface area contributed by atoms with E-state index in [1.54, 1.807) is 0 Å². The van der Waals surface area contributed by atoms with Crippen molar-refractivity contribution in [3.63, 3.8) is 0 Å². The van der Waals surface area contributed by atoms with Gasteiger partial charge in [0.1, 0.15) is 6.54 Å². The summed E-state index contributed by atoms with van der Waals surface area (Å²) < 4.78 is 2.27. The third kappa shape index (κ3) is 1.23. The molecule has 0 bridgehead atoms. The second-order valence-electron chi connectivity index (χ2n) is 3.50. The minimum atomic E-state index is 0.864.